The topological polar surface area (TPSA) is 74.3 Å². The quantitative estimate of drug-likeness (QED) is 0.541. The van der Waals surface area contributed by atoms with Crippen LogP contribution in [0.5, 0.6) is 0 Å². The van der Waals surface area contributed by atoms with Crippen molar-refractivity contribution in [3.8, 4) is 0 Å². The molecule has 1 aliphatic rings. The van der Waals surface area contributed by atoms with E-state index >= 15 is 0 Å². The molecule has 2 N–H and O–H groups in total. The molecule has 0 spiro atoms. The fourth-order valence-electron chi connectivity index (χ4n) is 4.09. The number of piperidine rings is 1. The zero-order chi connectivity index (χ0) is 23.0. The van der Waals surface area contributed by atoms with Crippen molar-refractivity contribution in [1.82, 2.24) is 15.2 Å². The van der Waals surface area contributed by atoms with Crippen molar-refractivity contribution in [3.05, 3.63) is 94.8 Å². The Morgan fingerprint density at radius 2 is 1.88 bits per heavy atom. The second-order valence-electron chi connectivity index (χ2n) is 8.24. The number of likely N-dealkylation sites (tertiary alicyclic amines) is 1. The maximum atomic E-state index is 13.1. The summed E-state index contributed by atoms with van der Waals surface area (Å²) >= 11 is 6.31. The third kappa shape index (κ3) is 6.18. The maximum Gasteiger partial charge on any atom is 0.253 e. The first-order valence-corrected chi connectivity index (χ1v) is 11.5. The summed E-state index contributed by atoms with van der Waals surface area (Å²) in [6, 6.07) is 18.6. The predicted octanol–water partition coefficient (Wildman–Crippen LogP) is 4.52. The molecule has 0 bridgehead atoms. The van der Waals surface area contributed by atoms with Gasteiger partial charge in [-0.15, -0.1) is 0 Å². The van der Waals surface area contributed by atoms with Crippen LogP contribution in [0.1, 0.15) is 34.3 Å². The van der Waals surface area contributed by atoms with Crippen molar-refractivity contribution < 1.29 is 9.59 Å². The van der Waals surface area contributed by atoms with Crippen LogP contribution in [0.2, 0.25) is 5.02 Å². The highest BCUT2D eigenvalue weighted by Crippen LogP contribution is 2.24. The molecule has 4 rings (SSSR count). The highest BCUT2D eigenvalue weighted by molar-refractivity contribution is 6.31. The summed E-state index contributed by atoms with van der Waals surface area (Å²) in [5, 5.41) is 6.63. The van der Waals surface area contributed by atoms with E-state index in [2.05, 4.69) is 20.5 Å². The zero-order valence-corrected chi connectivity index (χ0v) is 19.1. The molecular formula is C26H27ClN4O2. The number of anilines is 1. The normalized spacial score (nSPS) is 16.2. The number of hydrogen-bond donors (Lipinski definition) is 2. The Labute approximate surface area is 199 Å². The fraction of sp³-hybridized carbons (Fsp3) is 0.269. The zero-order valence-electron chi connectivity index (χ0n) is 18.3. The van der Waals surface area contributed by atoms with E-state index in [0.29, 0.717) is 24.3 Å². The number of benzene rings is 2. The van der Waals surface area contributed by atoms with Crippen LogP contribution >= 0.6 is 11.6 Å². The van der Waals surface area contributed by atoms with E-state index in [-0.39, 0.29) is 17.7 Å². The molecule has 7 heteroatoms. The van der Waals surface area contributed by atoms with Gasteiger partial charge >= 0.3 is 0 Å². The van der Waals surface area contributed by atoms with Crippen LogP contribution in [0.4, 0.5) is 5.69 Å². The fourth-order valence-corrected chi connectivity index (χ4v) is 4.28. The van der Waals surface area contributed by atoms with Crippen molar-refractivity contribution in [2.75, 3.05) is 18.4 Å². The Morgan fingerprint density at radius 1 is 1.06 bits per heavy atom. The lowest BCUT2D eigenvalue weighted by molar-refractivity contribution is -0.121. The number of rotatable bonds is 7. The molecule has 2 heterocycles. The van der Waals surface area contributed by atoms with Crippen LogP contribution in [0.15, 0.2) is 73.1 Å². The molecule has 1 atom stereocenters. The summed E-state index contributed by atoms with van der Waals surface area (Å²) in [6.45, 7) is 2.68. The first-order valence-electron chi connectivity index (χ1n) is 11.1. The van der Waals surface area contributed by atoms with E-state index in [9.17, 15) is 9.59 Å². The van der Waals surface area contributed by atoms with Crippen LogP contribution in [0, 0.1) is 5.92 Å². The number of para-hydroxylation sites is 1. The van der Waals surface area contributed by atoms with Crippen LogP contribution < -0.4 is 10.6 Å². The second kappa shape index (κ2) is 11.1. The number of pyridine rings is 1. The number of nitrogens with one attached hydrogen (secondary N) is 2. The number of carbonyl (C=O) groups is 2. The summed E-state index contributed by atoms with van der Waals surface area (Å²) in [5.41, 5.74) is 2.94. The van der Waals surface area contributed by atoms with Crippen molar-refractivity contribution in [1.29, 1.82) is 0 Å². The highest BCUT2D eigenvalue weighted by Gasteiger charge is 2.27. The average molecular weight is 463 g/mol. The summed E-state index contributed by atoms with van der Waals surface area (Å²) in [4.78, 5) is 32.2. The van der Waals surface area contributed by atoms with Crippen LogP contribution in [-0.4, -0.2) is 34.8 Å². The van der Waals surface area contributed by atoms with Gasteiger partial charge in [-0.2, -0.15) is 0 Å². The standard InChI is InChI=1S/C26H27ClN4O2/c27-23-11-3-1-8-20(23)17-31-14-6-9-21(18-31)25(32)30-24-12-4-2-10-22(24)26(33)29-16-19-7-5-13-28-15-19/h1-5,7-8,10-13,15,21H,6,9,14,16-18H2,(H,29,33)(H,30,32). The van der Waals surface area contributed by atoms with E-state index in [0.717, 1.165) is 42.1 Å². The third-order valence-corrected chi connectivity index (χ3v) is 6.20. The molecule has 6 nitrogen and oxygen atoms in total. The average Bonchev–Trinajstić information content (AvgIpc) is 2.85. The van der Waals surface area contributed by atoms with E-state index in [1.165, 1.54) is 0 Å². The molecule has 2 amide bonds. The van der Waals surface area contributed by atoms with E-state index in [4.69, 9.17) is 11.6 Å². The van der Waals surface area contributed by atoms with Gasteiger partial charge in [0.05, 0.1) is 17.2 Å². The van der Waals surface area contributed by atoms with E-state index in [1.807, 2.05) is 42.5 Å². The monoisotopic (exact) mass is 462 g/mol. The molecule has 170 valence electrons. The SMILES string of the molecule is O=C(NCc1cccnc1)c1ccccc1NC(=O)C1CCCN(Cc2ccccc2Cl)C1. The Kier molecular flexibility index (Phi) is 7.70. The van der Waals surface area contributed by atoms with Crippen molar-refractivity contribution in [2.45, 2.75) is 25.9 Å². The Hall–Kier alpha value is -3.22. The van der Waals surface area contributed by atoms with Gasteiger partial charge in [0.2, 0.25) is 5.91 Å². The van der Waals surface area contributed by atoms with Gasteiger partial charge in [-0.25, -0.2) is 0 Å². The van der Waals surface area contributed by atoms with Crippen LogP contribution in [0.25, 0.3) is 0 Å². The van der Waals surface area contributed by atoms with Gasteiger partial charge in [0.25, 0.3) is 5.91 Å². The first kappa shape index (κ1) is 23.0. The minimum Gasteiger partial charge on any atom is -0.348 e. The van der Waals surface area contributed by atoms with Gasteiger partial charge in [-0.1, -0.05) is 48.0 Å². The van der Waals surface area contributed by atoms with Crippen LogP contribution in [-0.2, 0) is 17.9 Å². The summed E-state index contributed by atoms with van der Waals surface area (Å²) in [6.07, 6.45) is 5.17. The number of nitrogens with zero attached hydrogens (tertiary/aromatic N) is 2. The summed E-state index contributed by atoms with van der Waals surface area (Å²) in [7, 11) is 0. The van der Waals surface area contributed by atoms with E-state index < -0.39 is 0 Å². The van der Waals surface area contributed by atoms with Crippen LogP contribution in [0.3, 0.4) is 0 Å². The molecule has 2 aromatic carbocycles. The van der Waals surface area contributed by atoms with Crippen molar-refractivity contribution in [2.24, 2.45) is 5.92 Å². The molecule has 33 heavy (non-hydrogen) atoms. The molecule has 1 fully saturated rings. The molecule has 1 saturated heterocycles. The summed E-state index contributed by atoms with van der Waals surface area (Å²) in [5.74, 6) is -0.446. The number of amides is 2. The predicted molar refractivity (Wildman–Crippen MR) is 130 cm³/mol. The van der Waals surface area contributed by atoms with E-state index in [1.54, 1.807) is 30.6 Å². The molecule has 0 saturated carbocycles. The first-order chi connectivity index (χ1) is 16.1. The van der Waals surface area contributed by atoms with Gasteiger partial charge in [0.1, 0.15) is 0 Å². The molecular weight excluding hydrogens is 436 g/mol. The number of aromatic nitrogens is 1. The second-order valence-corrected chi connectivity index (χ2v) is 8.65. The molecule has 1 aromatic heterocycles. The smallest absolute Gasteiger partial charge is 0.253 e. The Morgan fingerprint density at radius 3 is 2.70 bits per heavy atom. The lowest BCUT2D eigenvalue weighted by Gasteiger charge is -2.32. The van der Waals surface area contributed by atoms with Gasteiger partial charge in [0, 0.05) is 37.1 Å². The van der Waals surface area contributed by atoms with Gasteiger partial charge < -0.3 is 10.6 Å². The van der Waals surface area contributed by atoms with Gasteiger partial charge in [0.15, 0.2) is 0 Å². The van der Waals surface area contributed by atoms with Crippen molar-refractivity contribution >= 4 is 29.1 Å². The molecule has 1 aliphatic heterocycles. The number of carbonyl (C=O) groups excluding carboxylic acids is 2. The van der Waals surface area contributed by atoms with Gasteiger partial charge in [-0.05, 0) is 54.8 Å². The van der Waals surface area contributed by atoms with Crippen molar-refractivity contribution in [3.63, 3.8) is 0 Å². The van der Waals surface area contributed by atoms with Gasteiger partial charge in [-0.3, -0.25) is 19.5 Å². The lowest BCUT2D eigenvalue weighted by Crippen LogP contribution is -2.40. The molecule has 1 unspecified atom stereocenters. The lowest BCUT2D eigenvalue weighted by atomic mass is 9.96. The summed E-state index contributed by atoms with van der Waals surface area (Å²) < 4.78 is 0. The largest absolute Gasteiger partial charge is 0.348 e. The highest BCUT2D eigenvalue weighted by atomic mass is 35.5. The number of hydrogen-bond acceptors (Lipinski definition) is 4. The Balaban J connectivity index is 1.38. The minimum absolute atomic E-state index is 0.0635. The third-order valence-electron chi connectivity index (χ3n) is 5.83. The maximum absolute atomic E-state index is 13.1. The number of halogens is 1. The molecule has 0 radical (unpaired) electrons. The molecule has 3 aromatic rings. The minimum atomic E-state index is -0.237. The Bertz CT molecular complexity index is 1110. The molecule has 0 aliphatic carbocycles.